The molecule has 0 aromatic heterocycles. The second kappa shape index (κ2) is 11.9. The van der Waals surface area contributed by atoms with Gasteiger partial charge in [-0.1, -0.05) is 20.8 Å². The van der Waals surface area contributed by atoms with Crippen LogP contribution in [0.15, 0.2) is 24.3 Å². The molecule has 2 N–H and O–H groups in total. The molecule has 0 bridgehead atoms. The van der Waals surface area contributed by atoms with Crippen molar-refractivity contribution in [3.8, 4) is 17.2 Å². The largest absolute Gasteiger partial charge is 0.490 e. The first-order valence-electron chi connectivity index (χ1n) is 11.9. The number of halogens is 2. The van der Waals surface area contributed by atoms with E-state index in [1.807, 2.05) is 20.8 Å². The number of ketones is 1. The molecule has 1 aliphatic heterocycles. The summed E-state index contributed by atoms with van der Waals surface area (Å²) in [6.07, 6.45) is -1.05. The minimum absolute atomic E-state index is 0. The summed E-state index contributed by atoms with van der Waals surface area (Å²) >= 11 is 0. The number of fused-ring (bicyclic) bond motifs is 1. The second-order valence-electron chi connectivity index (χ2n) is 9.61. The van der Waals surface area contributed by atoms with Crippen LogP contribution in [0.3, 0.4) is 0 Å². The van der Waals surface area contributed by atoms with Crippen molar-refractivity contribution in [1.29, 1.82) is 5.41 Å². The second-order valence-corrected chi connectivity index (χ2v) is 9.61. The molecule has 0 saturated heterocycles. The van der Waals surface area contributed by atoms with Crippen LogP contribution in [0.4, 0.5) is 4.39 Å². The summed E-state index contributed by atoms with van der Waals surface area (Å²) in [5, 5.41) is 17.7. The van der Waals surface area contributed by atoms with Crippen molar-refractivity contribution in [2.24, 2.45) is 0 Å². The Balaban J connectivity index is 0.00000481. The van der Waals surface area contributed by atoms with Crippen LogP contribution in [0, 0.1) is 11.2 Å². The summed E-state index contributed by atoms with van der Waals surface area (Å²) in [5.41, 5.74) is 1.32. The molecule has 2 aromatic rings. The van der Waals surface area contributed by atoms with Crippen molar-refractivity contribution in [3.05, 3.63) is 52.3 Å². The van der Waals surface area contributed by atoms with Crippen LogP contribution in [0.25, 0.3) is 0 Å². The number of rotatable bonds is 10. The van der Waals surface area contributed by atoms with Gasteiger partial charge in [0.1, 0.15) is 11.6 Å². The van der Waals surface area contributed by atoms with Crippen LogP contribution in [-0.2, 0) is 16.8 Å². The molecular weight excluding hydrogens is 547 g/mol. The van der Waals surface area contributed by atoms with Gasteiger partial charge in [0.15, 0.2) is 29.2 Å². The Labute approximate surface area is 227 Å². The van der Waals surface area contributed by atoms with Gasteiger partial charge in [0, 0.05) is 17.7 Å². The van der Waals surface area contributed by atoms with Gasteiger partial charge in [0.25, 0.3) is 0 Å². The quantitative estimate of drug-likeness (QED) is 0.363. The van der Waals surface area contributed by atoms with Gasteiger partial charge in [0.2, 0.25) is 0 Å². The van der Waals surface area contributed by atoms with Gasteiger partial charge in [-0.25, -0.2) is 9.18 Å². The van der Waals surface area contributed by atoms with Gasteiger partial charge in [-0.15, -0.1) is 17.0 Å². The maximum atomic E-state index is 15.3. The average Bonchev–Trinajstić information content (AvgIpc) is 3.10. The van der Waals surface area contributed by atoms with E-state index in [-0.39, 0.29) is 65.4 Å². The summed E-state index contributed by atoms with van der Waals surface area (Å²) < 4.78 is 31.9. The predicted molar refractivity (Wildman–Crippen MR) is 143 cm³/mol. The smallest absolute Gasteiger partial charge is 0.344 e. The van der Waals surface area contributed by atoms with E-state index in [1.54, 1.807) is 38.1 Å². The molecule has 0 aliphatic carbocycles. The Kier molecular flexibility index (Phi) is 9.71. The lowest BCUT2D eigenvalue weighted by Gasteiger charge is -2.25. The van der Waals surface area contributed by atoms with Crippen molar-refractivity contribution in [2.75, 3.05) is 19.8 Å². The fraction of sp³-hybridized carbons (Fsp3) is 0.444. The third-order valence-electron chi connectivity index (χ3n) is 5.87. The number of aliphatic carboxylic acids is 1. The molecule has 10 heteroatoms. The van der Waals surface area contributed by atoms with E-state index in [1.165, 1.54) is 11.8 Å². The summed E-state index contributed by atoms with van der Waals surface area (Å²) in [6.45, 7) is 11.4. The maximum absolute atomic E-state index is 15.3. The number of ether oxygens (including phenoxy) is 3. The summed E-state index contributed by atoms with van der Waals surface area (Å²) in [5.74, 6) is -1.47. The molecule has 2 aromatic carbocycles. The summed E-state index contributed by atoms with van der Waals surface area (Å²) in [4.78, 5) is 26.0. The Morgan fingerprint density at radius 3 is 2.35 bits per heavy atom. The highest BCUT2D eigenvalue weighted by molar-refractivity contribution is 8.93. The summed E-state index contributed by atoms with van der Waals surface area (Å²) in [7, 11) is 0. The lowest BCUT2D eigenvalue weighted by Crippen LogP contribution is -2.31. The van der Waals surface area contributed by atoms with E-state index in [4.69, 9.17) is 19.6 Å². The number of Topliss-reactive ketones (excluding diaryl/α,β-unsaturated/α-hetero) is 1. The first-order valence-corrected chi connectivity index (χ1v) is 11.9. The van der Waals surface area contributed by atoms with E-state index >= 15 is 4.39 Å². The summed E-state index contributed by atoms with van der Waals surface area (Å²) in [6, 6.07) is 6.54. The monoisotopic (exact) mass is 580 g/mol. The van der Waals surface area contributed by atoms with Gasteiger partial charge in [-0.05, 0) is 56.0 Å². The minimum atomic E-state index is -1.09. The van der Waals surface area contributed by atoms with Gasteiger partial charge in [-0.3, -0.25) is 10.2 Å². The molecule has 0 fully saturated rings. The number of hydrogen-bond acceptors (Lipinski definition) is 6. The Morgan fingerprint density at radius 2 is 1.78 bits per heavy atom. The number of hydrogen-bond donors (Lipinski definition) is 2. The lowest BCUT2D eigenvalue weighted by molar-refractivity contribution is -0.144. The maximum Gasteiger partial charge on any atom is 0.344 e. The molecule has 0 radical (unpaired) electrons. The fourth-order valence-electron chi connectivity index (χ4n) is 4.06. The number of amidine groups is 1. The number of carboxylic acid groups (broad SMARTS) is 1. The predicted octanol–water partition coefficient (Wildman–Crippen LogP) is 5.37. The lowest BCUT2D eigenvalue weighted by atomic mass is 9.85. The molecule has 202 valence electrons. The zero-order chi connectivity index (χ0) is 26.8. The van der Waals surface area contributed by atoms with Crippen molar-refractivity contribution in [1.82, 2.24) is 4.90 Å². The van der Waals surface area contributed by atoms with E-state index in [2.05, 4.69) is 0 Å². The molecule has 1 atom stereocenters. The van der Waals surface area contributed by atoms with Crippen molar-refractivity contribution >= 4 is 34.6 Å². The van der Waals surface area contributed by atoms with Crippen molar-refractivity contribution in [3.63, 3.8) is 0 Å². The molecule has 37 heavy (non-hydrogen) atoms. The third-order valence-corrected chi connectivity index (χ3v) is 5.87. The van der Waals surface area contributed by atoms with Crippen LogP contribution in [0.1, 0.15) is 68.6 Å². The number of carbonyl (C=O) groups excluding carboxylic acids is 1. The fourth-order valence-corrected chi connectivity index (χ4v) is 4.06. The Morgan fingerprint density at radius 1 is 1.14 bits per heavy atom. The first-order chi connectivity index (χ1) is 16.9. The molecule has 0 amide bonds. The number of nitrogens with one attached hydrogen (secondary N) is 1. The normalized spacial score (nSPS) is 13.5. The molecule has 3 rings (SSSR count). The van der Waals surface area contributed by atoms with Gasteiger partial charge >= 0.3 is 5.97 Å². The average molecular weight is 581 g/mol. The standard InChI is InChI=1S/C27H33FN2O6.BrH/c1-7-34-21-12-17-13-30(25(29)22(17)23(28)24(21)35-8-2)14-19(31)16-9-10-20(36-15(3)26(32)33)18(11-16)27(4,5)6;/h9-12,15,29H,7-8,13-14H2,1-6H3,(H,32,33);1H. The SMILES string of the molecule is Br.CCOc1cc2c(c(F)c1OCC)C(=N)N(CC(=O)c1ccc(OC(C)C(=O)O)c(C(C)(C)C)c1)C2. The van der Waals surface area contributed by atoms with Gasteiger partial charge in [0.05, 0.1) is 25.3 Å². The van der Waals surface area contributed by atoms with Crippen molar-refractivity contribution in [2.45, 2.75) is 59.6 Å². The molecular formula is C27H34BrFN2O6. The molecule has 1 unspecified atom stereocenters. The topological polar surface area (TPSA) is 109 Å². The van der Waals surface area contributed by atoms with E-state index < -0.39 is 23.3 Å². The number of carboxylic acids is 1. The molecule has 0 saturated carbocycles. The van der Waals surface area contributed by atoms with Gasteiger partial charge < -0.3 is 24.2 Å². The van der Waals surface area contributed by atoms with Crippen LogP contribution in [0.2, 0.25) is 0 Å². The van der Waals surface area contributed by atoms with Crippen LogP contribution in [-0.4, -0.2) is 53.5 Å². The highest BCUT2D eigenvalue weighted by Crippen LogP contribution is 2.39. The van der Waals surface area contributed by atoms with Gasteiger partial charge in [-0.2, -0.15) is 0 Å². The Hall–Kier alpha value is -3.14. The first kappa shape index (κ1) is 30.1. The molecule has 1 aliphatic rings. The number of carbonyl (C=O) groups is 2. The van der Waals surface area contributed by atoms with E-state index in [0.717, 1.165) is 0 Å². The number of nitrogens with zero attached hydrogens (tertiary/aromatic N) is 1. The van der Waals surface area contributed by atoms with Crippen molar-refractivity contribution < 1.29 is 33.3 Å². The molecule has 0 spiro atoms. The van der Waals surface area contributed by atoms with Crippen LogP contribution < -0.4 is 14.2 Å². The van der Waals surface area contributed by atoms with Crippen LogP contribution in [0.5, 0.6) is 17.2 Å². The number of benzene rings is 2. The third kappa shape index (κ3) is 6.41. The van der Waals surface area contributed by atoms with Crippen LogP contribution >= 0.6 is 17.0 Å². The van der Waals surface area contributed by atoms with E-state index in [0.29, 0.717) is 29.0 Å². The van der Waals surface area contributed by atoms with E-state index in [9.17, 15) is 14.7 Å². The minimum Gasteiger partial charge on any atom is -0.490 e. The Bertz CT molecular complexity index is 1190. The zero-order valence-electron chi connectivity index (χ0n) is 21.9. The molecule has 8 nitrogen and oxygen atoms in total. The zero-order valence-corrected chi connectivity index (χ0v) is 23.7. The highest BCUT2D eigenvalue weighted by atomic mass is 79.9. The highest BCUT2D eigenvalue weighted by Gasteiger charge is 2.33. The molecule has 1 heterocycles.